The van der Waals surface area contributed by atoms with Crippen LogP contribution in [0.4, 0.5) is 33.2 Å². The number of rotatable bonds is 11. The number of nitrogens with one attached hydrogen (secondary N) is 1. The van der Waals surface area contributed by atoms with Crippen molar-refractivity contribution < 1.29 is 19.2 Å². The van der Waals surface area contributed by atoms with Gasteiger partial charge in [0.05, 0.1) is 22.2 Å². The Bertz CT molecular complexity index is 966. The third kappa shape index (κ3) is 7.17. The van der Waals surface area contributed by atoms with Gasteiger partial charge in [0.2, 0.25) is 0 Å². The molecule has 0 atom stereocenters. The van der Waals surface area contributed by atoms with Gasteiger partial charge in [-0.1, -0.05) is 11.6 Å². The first-order valence-electron chi connectivity index (χ1n) is 10.2. The first-order valence-corrected chi connectivity index (χ1v) is 10.5. The first kappa shape index (κ1) is 25.0. The van der Waals surface area contributed by atoms with E-state index in [1.54, 1.807) is 12.1 Å². The number of anilines is 2. The van der Waals surface area contributed by atoms with E-state index in [2.05, 4.69) is 20.4 Å². The molecule has 0 saturated heterocycles. The molecule has 10 nitrogen and oxygen atoms in total. The second-order valence-electron chi connectivity index (χ2n) is 6.42. The Balaban J connectivity index is 2.29. The van der Waals surface area contributed by atoms with Crippen molar-refractivity contribution in [1.29, 1.82) is 0 Å². The van der Waals surface area contributed by atoms with E-state index in [0.29, 0.717) is 24.6 Å². The summed E-state index contributed by atoms with van der Waals surface area (Å²) >= 11 is 6.08. The van der Waals surface area contributed by atoms with Crippen molar-refractivity contribution in [3.63, 3.8) is 0 Å². The van der Waals surface area contributed by atoms with Gasteiger partial charge < -0.3 is 14.4 Å². The fourth-order valence-corrected chi connectivity index (χ4v) is 2.99. The molecule has 2 aromatic rings. The Morgan fingerprint density at radius 1 is 1.09 bits per heavy atom. The van der Waals surface area contributed by atoms with E-state index >= 15 is 0 Å². The number of hydrogen-bond donors (Lipinski definition) is 1. The summed E-state index contributed by atoms with van der Waals surface area (Å²) in [6.07, 6.45) is -0.647. The van der Waals surface area contributed by atoms with E-state index in [1.165, 1.54) is 18.2 Å². The van der Waals surface area contributed by atoms with Crippen LogP contribution in [0, 0.1) is 10.1 Å². The smallest absolute Gasteiger partial charge is 0.411 e. The molecule has 0 aliphatic heterocycles. The summed E-state index contributed by atoms with van der Waals surface area (Å²) < 4.78 is 10.3. The van der Waals surface area contributed by atoms with Crippen LogP contribution >= 0.6 is 11.6 Å². The predicted octanol–water partition coefficient (Wildman–Crippen LogP) is 6.09. The maximum absolute atomic E-state index is 12.2. The van der Waals surface area contributed by atoms with Crippen LogP contribution in [0.3, 0.4) is 0 Å². The maximum Gasteiger partial charge on any atom is 0.411 e. The highest BCUT2D eigenvalue weighted by Gasteiger charge is 2.13. The molecule has 0 bridgehead atoms. The largest absolute Gasteiger partial charge is 0.447 e. The minimum Gasteiger partial charge on any atom is -0.447 e. The van der Waals surface area contributed by atoms with Gasteiger partial charge in [0.15, 0.2) is 0 Å². The normalized spacial score (nSPS) is 10.9. The molecule has 0 heterocycles. The van der Waals surface area contributed by atoms with Crippen molar-refractivity contribution in [2.75, 3.05) is 43.1 Å². The zero-order valence-electron chi connectivity index (χ0n) is 18.2. The van der Waals surface area contributed by atoms with Crippen molar-refractivity contribution >= 4 is 46.1 Å². The molecule has 2 aromatic carbocycles. The van der Waals surface area contributed by atoms with Crippen LogP contribution in [0.15, 0.2) is 46.6 Å². The number of carbonyl (C=O) groups is 1. The highest BCUT2D eigenvalue weighted by atomic mass is 35.5. The summed E-state index contributed by atoms with van der Waals surface area (Å²) in [7, 11) is 0. The van der Waals surface area contributed by atoms with Crippen LogP contribution in [0.25, 0.3) is 0 Å². The second kappa shape index (κ2) is 12.6. The van der Waals surface area contributed by atoms with Gasteiger partial charge in [-0.25, -0.2) is 4.79 Å². The van der Waals surface area contributed by atoms with Crippen molar-refractivity contribution in [1.82, 2.24) is 0 Å². The number of nitro groups is 1. The molecule has 0 aromatic heterocycles. The molecule has 0 spiro atoms. The van der Waals surface area contributed by atoms with Crippen molar-refractivity contribution in [2.45, 2.75) is 20.8 Å². The maximum atomic E-state index is 12.2. The monoisotopic (exact) mass is 463 g/mol. The lowest BCUT2D eigenvalue weighted by Gasteiger charge is -2.22. The second-order valence-corrected chi connectivity index (χ2v) is 6.83. The molecule has 0 fully saturated rings. The summed E-state index contributed by atoms with van der Waals surface area (Å²) in [5.74, 6) is 0. The number of amides is 1. The summed E-state index contributed by atoms with van der Waals surface area (Å²) in [6, 6.07) is 9.26. The van der Waals surface area contributed by atoms with E-state index < -0.39 is 11.0 Å². The minimum absolute atomic E-state index is 0.0903. The SMILES string of the molecule is CCOCCOC(=O)Nc1cc(N(CC)CC)ccc1N=Nc1ccc([N+](=O)[O-])cc1Cl. The molecule has 1 amide bonds. The predicted molar refractivity (Wildman–Crippen MR) is 124 cm³/mol. The summed E-state index contributed by atoms with van der Waals surface area (Å²) in [5.41, 5.74) is 1.78. The molecule has 32 heavy (non-hydrogen) atoms. The van der Waals surface area contributed by atoms with Crippen LogP contribution in [0.5, 0.6) is 0 Å². The highest BCUT2D eigenvalue weighted by Crippen LogP contribution is 2.34. The minimum atomic E-state index is -0.647. The third-order valence-corrected chi connectivity index (χ3v) is 4.72. The molecule has 1 N–H and O–H groups in total. The zero-order chi connectivity index (χ0) is 23.5. The fraction of sp³-hybridized carbons (Fsp3) is 0.381. The van der Waals surface area contributed by atoms with Gasteiger partial charge in [-0.3, -0.25) is 15.4 Å². The van der Waals surface area contributed by atoms with Crippen LogP contribution in [-0.4, -0.2) is 43.9 Å². The van der Waals surface area contributed by atoms with E-state index in [4.69, 9.17) is 21.1 Å². The van der Waals surface area contributed by atoms with Gasteiger partial charge in [-0.15, -0.1) is 10.2 Å². The van der Waals surface area contributed by atoms with E-state index in [0.717, 1.165) is 18.8 Å². The van der Waals surface area contributed by atoms with Crippen molar-refractivity contribution in [2.24, 2.45) is 10.2 Å². The Morgan fingerprint density at radius 2 is 1.78 bits per heavy atom. The Kier molecular flexibility index (Phi) is 9.83. The van der Waals surface area contributed by atoms with Crippen LogP contribution < -0.4 is 10.2 Å². The fourth-order valence-electron chi connectivity index (χ4n) is 2.78. The lowest BCUT2D eigenvalue weighted by molar-refractivity contribution is -0.384. The molecule has 0 aliphatic rings. The zero-order valence-corrected chi connectivity index (χ0v) is 19.0. The Labute approximate surface area is 191 Å². The van der Waals surface area contributed by atoms with E-state index in [9.17, 15) is 14.9 Å². The molecule has 2 rings (SSSR count). The van der Waals surface area contributed by atoms with Gasteiger partial charge in [0, 0.05) is 37.5 Å². The van der Waals surface area contributed by atoms with E-state index in [1.807, 2.05) is 26.8 Å². The summed E-state index contributed by atoms with van der Waals surface area (Å²) in [4.78, 5) is 24.7. The molecule has 0 radical (unpaired) electrons. The number of azo groups is 1. The Hall–Kier alpha value is -3.24. The number of nitro benzene ring substituents is 1. The van der Waals surface area contributed by atoms with Crippen molar-refractivity contribution in [3.05, 3.63) is 51.5 Å². The molecule has 11 heteroatoms. The first-order chi connectivity index (χ1) is 15.4. The molecule has 0 unspecified atom stereocenters. The number of benzene rings is 2. The topological polar surface area (TPSA) is 119 Å². The molecule has 0 aliphatic carbocycles. The van der Waals surface area contributed by atoms with Crippen molar-refractivity contribution in [3.8, 4) is 0 Å². The lowest BCUT2D eigenvalue weighted by Crippen LogP contribution is -2.22. The quantitative estimate of drug-likeness (QED) is 0.186. The van der Waals surface area contributed by atoms with E-state index in [-0.39, 0.29) is 23.0 Å². The van der Waals surface area contributed by atoms with Gasteiger partial charge in [0.1, 0.15) is 18.0 Å². The van der Waals surface area contributed by atoms with Crippen LogP contribution in [-0.2, 0) is 9.47 Å². The number of nitrogens with zero attached hydrogens (tertiary/aromatic N) is 4. The van der Waals surface area contributed by atoms with Gasteiger partial charge in [0.25, 0.3) is 5.69 Å². The third-order valence-electron chi connectivity index (χ3n) is 4.42. The molecule has 0 saturated carbocycles. The average molecular weight is 464 g/mol. The Morgan fingerprint density at radius 3 is 2.41 bits per heavy atom. The average Bonchev–Trinajstić information content (AvgIpc) is 2.77. The van der Waals surface area contributed by atoms with Gasteiger partial charge >= 0.3 is 6.09 Å². The number of carbonyl (C=O) groups excluding carboxylic acids is 1. The summed E-state index contributed by atoms with van der Waals surface area (Å²) in [5, 5.41) is 21.9. The standard InChI is InChI=1S/C21H26ClN5O5/c1-4-26(5-2)15-7-10-19(20(14-15)23-21(28)32-12-11-31-6-3)25-24-18-9-8-16(27(29)30)13-17(18)22/h7-10,13-14H,4-6,11-12H2,1-3H3,(H,23,28). The lowest BCUT2D eigenvalue weighted by atomic mass is 10.2. The molecule has 172 valence electrons. The van der Waals surface area contributed by atoms with Gasteiger partial charge in [-0.05, 0) is 45.0 Å². The number of non-ortho nitro benzene ring substituents is 1. The number of hydrogen-bond acceptors (Lipinski definition) is 8. The summed E-state index contributed by atoms with van der Waals surface area (Å²) in [6.45, 7) is 8.44. The van der Waals surface area contributed by atoms with Crippen LogP contribution in [0.1, 0.15) is 20.8 Å². The molecular weight excluding hydrogens is 438 g/mol. The molecular formula is C21H26ClN5O5. The van der Waals surface area contributed by atoms with Gasteiger partial charge in [-0.2, -0.15) is 0 Å². The number of ether oxygens (including phenoxy) is 2. The number of halogens is 1. The highest BCUT2D eigenvalue weighted by molar-refractivity contribution is 6.33. The van der Waals surface area contributed by atoms with Crippen LogP contribution in [0.2, 0.25) is 5.02 Å².